The van der Waals surface area contributed by atoms with E-state index >= 15 is 0 Å². The molecule has 1 atom stereocenters. The molecule has 2 N–H and O–H groups in total. The van der Waals surface area contributed by atoms with Crippen molar-refractivity contribution < 1.29 is 9.90 Å². The molecule has 0 fully saturated rings. The SMILES string of the molecule is Cc1cc(O)ccc1C(=O)NC(C)c1ccc(Cl)cc1Cl. The van der Waals surface area contributed by atoms with Crippen molar-refractivity contribution in [1.82, 2.24) is 5.32 Å². The second-order valence-electron chi connectivity index (χ2n) is 4.86. The monoisotopic (exact) mass is 323 g/mol. The van der Waals surface area contributed by atoms with E-state index in [2.05, 4.69) is 5.32 Å². The number of nitrogens with one attached hydrogen (secondary N) is 1. The Morgan fingerprint density at radius 3 is 2.52 bits per heavy atom. The molecular formula is C16H15Cl2NO2. The van der Waals surface area contributed by atoms with Crippen LogP contribution in [0.15, 0.2) is 36.4 Å². The van der Waals surface area contributed by atoms with Crippen LogP contribution < -0.4 is 5.32 Å². The first kappa shape index (κ1) is 15.7. The second-order valence-corrected chi connectivity index (χ2v) is 5.70. The van der Waals surface area contributed by atoms with Crippen LogP contribution in [0.4, 0.5) is 0 Å². The number of phenols is 1. The number of rotatable bonds is 3. The first-order chi connectivity index (χ1) is 9.88. The van der Waals surface area contributed by atoms with Gasteiger partial charge < -0.3 is 10.4 Å². The van der Waals surface area contributed by atoms with Gasteiger partial charge in [-0.1, -0.05) is 29.3 Å². The number of halogens is 2. The fourth-order valence-corrected chi connectivity index (χ4v) is 2.68. The molecule has 21 heavy (non-hydrogen) atoms. The molecule has 0 radical (unpaired) electrons. The smallest absolute Gasteiger partial charge is 0.252 e. The van der Waals surface area contributed by atoms with Gasteiger partial charge in [0.25, 0.3) is 5.91 Å². The third-order valence-electron chi connectivity index (χ3n) is 3.23. The summed E-state index contributed by atoms with van der Waals surface area (Å²) in [6.07, 6.45) is 0. The van der Waals surface area contributed by atoms with Crippen LogP contribution in [0.25, 0.3) is 0 Å². The summed E-state index contributed by atoms with van der Waals surface area (Å²) in [6, 6.07) is 9.55. The Hall–Kier alpha value is -1.71. The van der Waals surface area contributed by atoms with Gasteiger partial charge >= 0.3 is 0 Å². The molecule has 0 saturated carbocycles. The second kappa shape index (κ2) is 6.37. The minimum absolute atomic E-state index is 0.137. The Morgan fingerprint density at radius 1 is 1.19 bits per heavy atom. The lowest BCUT2D eigenvalue weighted by molar-refractivity contribution is 0.0939. The summed E-state index contributed by atoms with van der Waals surface area (Å²) in [5.41, 5.74) is 2.03. The Morgan fingerprint density at radius 2 is 1.90 bits per heavy atom. The third kappa shape index (κ3) is 3.69. The van der Waals surface area contributed by atoms with Gasteiger partial charge in [-0.2, -0.15) is 0 Å². The number of benzene rings is 2. The maximum atomic E-state index is 12.3. The van der Waals surface area contributed by atoms with Gasteiger partial charge in [-0.3, -0.25) is 4.79 Å². The summed E-state index contributed by atoms with van der Waals surface area (Å²) >= 11 is 12.0. The lowest BCUT2D eigenvalue weighted by Gasteiger charge is -2.17. The summed E-state index contributed by atoms with van der Waals surface area (Å²) in [6.45, 7) is 3.62. The average molecular weight is 324 g/mol. The summed E-state index contributed by atoms with van der Waals surface area (Å²) in [5.74, 6) is -0.0798. The van der Waals surface area contributed by atoms with E-state index in [1.165, 1.54) is 6.07 Å². The topological polar surface area (TPSA) is 49.3 Å². The molecule has 1 amide bonds. The van der Waals surface area contributed by atoms with Crippen molar-refractivity contribution in [1.29, 1.82) is 0 Å². The van der Waals surface area contributed by atoms with Crippen LogP contribution >= 0.6 is 23.2 Å². The van der Waals surface area contributed by atoms with Gasteiger partial charge in [0.05, 0.1) is 6.04 Å². The number of carbonyl (C=O) groups excluding carboxylic acids is 1. The first-order valence-electron chi connectivity index (χ1n) is 6.44. The van der Waals surface area contributed by atoms with Crippen molar-refractivity contribution >= 4 is 29.1 Å². The molecule has 1 unspecified atom stereocenters. The molecule has 2 aromatic rings. The predicted molar refractivity (Wildman–Crippen MR) is 85.2 cm³/mol. The number of hydrogen-bond acceptors (Lipinski definition) is 2. The molecule has 0 spiro atoms. The summed E-state index contributed by atoms with van der Waals surface area (Å²) in [5, 5.41) is 13.3. The molecule has 0 heterocycles. The number of aryl methyl sites for hydroxylation is 1. The lowest BCUT2D eigenvalue weighted by atomic mass is 10.1. The van der Waals surface area contributed by atoms with Crippen LogP contribution in [-0.4, -0.2) is 11.0 Å². The van der Waals surface area contributed by atoms with Crippen molar-refractivity contribution in [3.05, 3.63) is 63.1 Å². The van der Waals surface area contributed by atoms with Gasteiger partial charge in [-0.25, -0.2) is 0 Å². The van der Waals surface area contributed by atoms with E-state index in [4.69, 9.17) is 23.2 Å². The summed E-state index contributed by atoms with van der Waals surface area (Å²) < 4.78 is 0. The largest absolute Gasteiger partial charge is 0.508 e. The summed E-state index contributed by atoms with van der Waals surface area (Å²) in [4.78, 5) is 12.3. The minimum Gasteiger partial charge on any atom is -0.508 e. The zero-order valence-electron chi connectivity index (χ0n) is 11.7. The highest BCUT2D eigenvalue weighted by atomic mass is 35.5. The first-order valence-corrected chi connectivity index (χ1v) is 7.19. The van der Waals surface area contributed by atoms with E-state index in [0.29, 0.717) is 21.2 Å². The van der Waals surface area contributed by atoms with Crippen molar-refractivity contribution in [2.24, 2.45) is 0 Å². The van der Waals surface area contributed by atoms with E-state index in [1.54, 1.807) is 37.3 Å². The molecule has 0 aliphatic rings. The van der Waals surface area contributed by atoms with Crippen molar-refractivity contribution in [2.45, 2.75) is 19.9 Å². The Bertz CT molecular complexity index is 686. The maximum Gasteiger partial charge on any atom is 0.252 e. The lowest BCUT2D eigenvalue weighted by Crippen LogP contribution is -2.27. The zero-order chi connectivity index (χ0) is 15.6. The van der Waals surface area contributed by atoms with Gasteiger partial charge in [0.15, 0.2) is 0 Å². The zero-order valence-corrected chi connectivity index (χ0v) is 13.2. The molecule has 110 valence electrons. The molecule has 0 aromatic heterocycles. The van der Waals surface area contributed by atoms with Gasteiger partial charge in [0.1, 0.15) is 5.75 Å². The fourth-order valence-electron chi connectivity index (χ4n) is 2.11. The van der Waals surface area contributed by atoms with Gasteiger partial charge in [0, 0.05) is 15.6 Å². The Balaban J connectivity index is 2.18. The van der Waals surface area contributed by atoms with Crippen LogP contribution in [-0.2, 0) is 0 Å². The molecule has 0 aliphatic carbocycles. The standard InChI is InChI=1S/C16H15Cl2NO2/c1-9-7-12(20)4-6-13(9)16(21)19-10(2)14-5-3-11(17)8-15(14)18/h3-8,10,20H,1-2H3,(H,19,21). The van der Waals surface area contributed by atoms with Crippen LogP contribution in [0.5, 0.6) is 5.75 Å². The van der Waals surface area contributed by atoms with Gasteiger partial charge in [-0.15, -0.1) is 0 Å². The highest BCUT2D eigenvalue weighted by Gasteiger charge is 2.15. The maximum absolute atomic E-state index is 12.3. The molecule has 0 bridgehead atoms. The van der Waals surface area contributed by atoms with Crippen LogP contribution in [0.3, 0.4) is 0 Å². The normalized spacial score (nSPS) is 12.0. The van der Waals surface area contributed by atoms with E-state index in [1.807, 2.05) is 6.92 Å². The molecule has 5 heteroatoms. The van der Waals surface area contributed by atoms with Crippen LogP contribution in [0.1, 0.15) is 34.5 Å². The molecule has 0 saturated heterocycles. The minimum atomic E-state index is -0.254. The van der Waals surface area contributed by atoms with E-state index in [-0.39, 0.29) is 17.7 Å². The van der Waals surface area contributed by atoms with Crippen LogP contribution in [0.2, 0.25) is 10.0 Å². The highest BCUT2D eigenvalue weighted by molar-refractivity contribution is 6.35. The highest BCUT2D eigenvalue weighted by Crippen LogP contribution is 2.26. The number of aromatic hydroxyl groups is 1. The Labute approximate surface area is 133 Å². The Kier molecular flexibility index (Phi) is 4.76. The van der Waals surface area contributed by atoms with Crippen molar-refractivity contribution in [3.63, 3.8) is 0 Å². The fraction of sp³-hybridized carbons (Fsp3) is 0.188. The predicted octanol–water partition coefficient (Wildman–Crippen LogP) is 4.50. The molecular weight excluding hydrogens is 309 g/mol. The van der Waals surface area contributed by atoms with Gasteiger partial charge in [0.2, 0.25) is 0 Å². The molecule has 3 nitrogen and oxygen atoms in total. The molecule has 0 aliphatic heterocycles. The third-order valence-corrected chi connectivity index (χ3v) is 3.79. The van der Waals surface area contributed by atoms with Crippen molar-refractivity contribution in [3.8, 4) is 5.75 Å². The number of hydrogen-bond donors (Lipinski definition) is 2. The van der Waals surface area contributed by atoms with E-state index in [0.717, 1.165) is 5.56 Å². The van der Waals surface area contributed by atoms with Crippen LogP contribution in [0, 0.1) is 6.92 Å². The molecule has 2 rings (SSSR count). The number of carbonyl (C=O) groups is 1. The average Bonchev–Trinajstić information content (AvgIpc) is 2.37. The quantitative estimate of drug-likeness (QED) is 0.873. The van der Waals surface area contributed by atoms with E-state index < -0.39 is 0 Å². The summed E-state index contributed by atoms with van der Waals surface area (Å²) in [7, 11) is 0. The van der Waals surface area contributed by atoms with Crippen molar-refractivity contribution in [2.75, 3.05) is 0 Å². The molecule has 2 aromatic carbocycles. The van der Waals surface area contributed by atoms with Gasteiger partial charge in [-0.05, 0) is 55.3 Å². The van der Waals surface area contributed by atoms with E-state index in [9.17, 15) is 9.90 Å². The number of amides is 1. The number of phenolic OH excluding ortho intramolecular Hbond substituents is 1.